The van der Waals surface area contributed by atoms with E-state index in [0.717, 1.165) is 47.5 Å². The van der Waals surface area contributed by atoms with Gasteiger partial charge in [-0.2, -0.15) is 0 Å². The van der Waals surface area contributed by atoms with Crippen molar-refractivity contribution in [1.82, 2.24) is 4.90 Å². The maximum atomic E-state index is 3.11. The summed E-state index contributed by atoms with van der Waals surface area (Å²) in [5.74, 6) is 6.87. The highest BCUT2D eigenvalue weighted by molar-refractivity contribution is 5.10. The Balaban J connectivity index is 1.17. The zero-order valence-corrected chi connectivity index (χ0v) is 45.6. The molecule has 9 atom stereocenters. The van der Waals surface area contributed by atoms with Gasteiger partial charge in [-0.25, -0.2) is 0 Å². The Morgan fingerprint density at radius 1 is 0.406 bits per heavy atom. The lowest BCUT2D eigenvalue weighted by atomic mass is 9.44. The molecule has 378 valence electrons. The van der Waals surface area contributed by atoms with E-state index in [4.69, 9.17) is 0 Å². The van der Waals surface area contributed by atoms with E-state index in [9.17, 15) is 0 Å². The third-order valence-corrected chi connectivity index (χ3v) is 20.0. The number of nitrogens with zero attached hydrogens (tertiary/aromatic N) is 1. The Morgan fingerprint density at radius 2 is 0.812 bits per heavy atom. The number of rotatable bonds is 40. The highest BCUT2D eigenvalue weighted by Gasteiger charge is 2.60. The lowest BCUT2D eigenvalue weighted by Gasteiger charge is -2.62. The minimum absolute atomic E-state index is 0.621. The lowest BCUT2D eigenvalue weighted by Crippen LogP contribution is -2.55. The molecule has 4 aliphatic rings. The molecule has 0 aromatic heterocycles. The van der Waals surface area contributed by atoms with Gasteiger partial charge in [0.25, 0.3) is 0 Å². The standard InChI is InChI=1S/C63H121N/c1-8-10-12-14-16-18-20-22-24-26-28-30-32-34-36-38-51-64(52-39-37-35-33-31-29-27-25-23-21-19-17-15-13-11-9-2)57-47-49-62(6)56(53-57)43-44-58-60-46-45-59(55(5)42-40-41-54(3)4)63(60,7)50-48-61(58)62/h54-61H,8-53H2,1-7H3/t55-,56?,57?,58+,59-,60+,61+,62+,63-/m1/s1. The van der Waals surface area contributed by atoms with Crippen molar-refractivity contribution in [2.24, 2.45) is 52.3 Å². The zero-order chi connectivity index (χ0) is 45.7. The molecule has 64 heavy (non-hydrogen) atoms. The molecule has 1 heteroatoms. The fraction of sp³-hybridized carbons (Fsp3) is 1.00. The van der Waals surface area contributed by atoms with Crippen LogP contribution in [0.25, 0.3) is 0 Å². The predicted molar refractivity (Wildman–Crippen MR) is 288 cm³/mol. The summed E-state index contributed by atoms with van der Waals surface area (Å²) in [7, 11) is 0. The summed E-state index contributed by atoms with van der Waals surface area (Å²) < 4.78 is 0. The maximum absolute atomic E-state index is 3.11. The van der Waals surface area contributed by atoms with Crippen molar-refractivity contribution in [3.63, 3.8) is 0 Å². The van der Waals surface area contributed by atoms with Crippen molar-refractivity contribution in [1.29, 1.82) is 0 Å². The molecule has 0 bridgehead atoms. The Kier molecular flexibility index (Phi) is 29.6. The van der Waals surface area contributed by atoms with E-state index >= 15 is 0 Å². The Morgan fingerprint density at radius 3 is 1.25 bits per heavy atom. The average molecular weight is 893 g/mol. The van der Waals surface area contributed by atoms with Gasteiger partial charge in [-0.1, -0.05) is 260 Å². The minimum Gasteiger partial charge on any atom is -0.300 e. The van der Waals surface area contributed by atoms with E-state index in [1.54, 1.807) is 38.5 Å². The summed E-state index contributed by atoms with van der Waals surface area (Å²) in [6, 6.07) is 0.874. The van der Waals surface area contributed by atoms with Crippen LogP contribution in [0.2, 0.25) is 0 Å². The first kappa shape index (κ1) is 56.5. The first-order valence-electron chi connectivity index (χ1n) is 31.0. The van der Waals surface area contributed by atoms with Gasteiger partial charge in [-0.15, -0.1) is 0 Å². The summed E-state index contributed by atoms with van der Waals surface area (Å²) in [4.78, 5) is 3.11. The third-order valence-electron chi connectivity index (χ3n) is 20.0. The van der Waals surface area contributed by atoms with Gasteiger partial charge >= 0.3 is 0 Å². The fourth-order valence-corrected chi connectivity index (χ4v) is 15.8. The fourth-order valence-electron chi connectivity index (χ4n) is 15.8. The third kappa shape index (κ3) is 19.8. The highest BCUT2D eigenvalue weighted by Crippen LogP contribution is 2.68. The molecule has 0 aliphatic heterocycles. The second-order valence-electron chi connectivity index (χ2n) is 25.3. The van der Waals surface area contributed by atoms with E-state index in [1.165, 1.54) is 257 Å². The molecule has 0 aromatic carbocycles. The van der Waals surface area contributed by atoms with Crippen LogP contribution in [0.3, 0.4) is 0 Å². The van der Waals surface area contributed by atoms with E-state index in [-0.39, 0.29) is 0 Å². The molecule has 0 spiro atoms. The van der Waals surface area contributed by atoms with E-state index in [0.29, 0.717) is 10.8 Å². The van der Waals surface area contributed by atoms with Crippen LogP contribution < -0.4 is 0 Å². The zero-order valence-electron chi connectivity index (χ0n) is 45.6. The second kappa shape index (κ2) is 33.5. The molecule has 1 nitrogen and oxygen atoms in total. The molecular weight excluding hydrogens is 771 g/mol. The van der Waals surface area contributed by atoms with Gasteiger partial charge in [-0.3, -0.25) is 0 Å². The van der Waals surface area contributed by atoms with Crippen molar-refractivity contribution in [3.05, 3.63) is 0 Å². The molecule has 0 amide bonds. The molecule has 0 radical (unpaired) electrons. The van der Waals surface area contributed by atoms with Gasteiger partial charge in [-0.05, 0) is 136 Å². The largest absolute Gasteiger partial charge is 0.300 e. The second-order valence-corrected chi connectivity index (χ2v) is 25.3. The van der Waals surface area contributed by atoms with Crippen molar-refractivity contribution >= 4 is 0 Å². The minimum atomic E-state index is 0.621. The summed E-state index contributed by atoms with van der Waals surface area (Å²) >= 11 is 0. The van der Waals surface area contributed by atoms with Crippen molar-refractivity contribution in [2.45, 2.75) is 337 Å². The first-order chi connectivity index (χ1) is 31.2. The Labute approximate surface area is 405 Å². The molecule has 4 saturated carbocycles. The number of hydrogen-bond acceptors (Lipinski definition) is 1. The summed E-state index contributed by atoms with van der Waals surface area (Å²) in [6.07, 6.45) is 65.4. The Bertz CT molecular complexity index is 1060. The molecule has 0 N–H and O–H groups in total. The summed E-state index contributed by atoms with van der Waals surface area (Å²) in [5.41, 5.74) is 1.26. The predicted octanol–water partition coefficient (Wildman–Crippen LogP) is 21.3. The maximum Gasteiger partial charge on any atom is 0.00983 e. The normalized spacial score (nSPS) is 28.5. The monoisotopic (exact) mass is 892 g/mol. The van der Waals surface area contributed by atoms with Crippen molar-refractivity contribution in [2.75, 3.05) is 13.1 Å². The number of fused-ring (bicyclic) bond motifs is 5. The van der Waals surface area contributed by atoms with Crippen LogP contribution >= 0.6 is 0 Å². The quantitative estimate of drug-likeness (QED) is 0.0554. The van der Waals surface area contributed by atoms with Crippen LogP contribution in [0.1, 0.15) is 331 Å². The van der Waals surface area contributed by atoms with E-state index in [1.807, 2.05) is 0 Å². The molecule has 4 fully saturated rings. The molecule has 0 saturated heterocycles. The average Bonchev–Trinajstić information content (AvgIpc) is 3.65. The van der Waals surface area contributed by atoms with Crippen LogP contribution in [-0.4, -0.2) is 24.0 Å². The highest BCUT2D eigenvalue weighted by atomic mass is 15.2. The first-order valence-corrected chi connectivity index (χ1v) is 31.0. The van der Waals surface area contributed by atoms with Crippen molar-refractivity contribution < 1.29 is 0 Å². The molecule has 0 aromatic rings. The Hall–Kier alpha value is -0.0400. The van der Waals surface area contributed by atoms with Gasteiger partial charge in [0.2, 0.25) is 0 Å². The molecule has 2 unspecified atom stereocenters. The van der Waals surface area contributed by atoms with Gasteiger partial charge in [0, 0.05) is 6.04 Å². The summed E-state index contributed by atoms with van der Waals surface area (Å²) in [5, 5.41) is 0. The van der Waals surface area contributed by atoms with E-state index in [2.05, 4.69) is 53.4 Å². The number of unbranched alkanes of at least 4 members (excludes halogenated alkanes) is 30. The topological polar surface area (TPSA) is 3.24 Å². The van der Waals surface area contributed by atoms with Crippen LogP contribution in [0.5, 0.6) is 0 Å². The van der Waals surface area contributed by atoms with Crippen molar-refractivity contribution in [3.8, 4) is 0 Å². The van der Waals surface area contributed by atoms with Gasteiger partial charge in [0.05, 0.1) is 0 Å². The van der Waals surface area contributed by atoms with Gasteiger partial charge < -0.3 is 4.90 Å². The van der Waals surface area contributed by atoms with Crippen LogP contribution in [-0.2, 0) is 0 Å². The lowest BCUT2D eigenvalue weighted by molar-refractivity contribution is -0.124. The molecular formula is C63H121N. The summed E-state index contributed by atoms with van der Waals surface area (Å²) in [6.45, 7) is 20.6. The molecule has 4 rings (SSSR count). The van der Waals surface area contributed by atoms with Crippen LogP contribution in [0.15, 0.2) is 0 Å². The van der Waals surface area contributed by atoms with E-state index < -0.39 is 0 Å². The SMILES string of the molecule is CCCCCCCCCCCCCCCCCCN(CCCCCCCCCCCCCCCCCC)C1CC[C@@]2(C)C(CC[C@H]3[C@@H]4CC[C@H]([C@H](C)CCCC(C)C)[C@@]4(C)CC[C@@H]32)C1. The van der Waals surface area contributed by atoms with Crippen LogP contribution in [0, 0.1) is 52.3 Å². The molecule has 4 aliphatic carbocycles. The van der Waals surface area contributed by atoms with Gasteiger partial charge in [0.1, 0.15) is 0 Å². The molecule has 0 heterocycles. The van der Waals surface area contributed by atoms with Crippen LogP contribution in [0.4, 0.5) is 0 Å². The van der Waals surface area contributed by atoms with Gasteiger partial charge in [0.15, 0.2) is 0 Å². The number of hydrogen-bond donors (Lipinski definition) is 0. The smallest absolute Gasteiger partial charge is 0.00983 e.